The van der Waals surface area contributed by atoms with Gasteiger partial charge in [0.1, 0.15) is 24.4 Å². The van der Waals surface area contributed by atoms with E-state index in [1.54, 1.807) is 23.6 Å². The van der Waals surface area contributed by atoms with Crippen molar-refractivity contribution >= 4 is 5.97 Å². The van der Waals surface area contributed by atoms with E-state index in [1.807, 2.05) is 0 Å². The third-order valence-corrected chi connectivity index (χ3v) is 4.35. The summed E-state index contributed by atoms with van der Waals surface area (Å²) < 4.78 is 54.6. The first-order valence-electron chi connectivity index (χ1n) is 8.35. The predicted molar refractivity (Wildman–Crippen MR) is 89.8 cm³/mol. The fraction of sp³-hybridized carbons (Fsp3) is 0.444. The van der Waals surface area contributed by atoms with Gasteiger partial charge in [-0.15, -0.1) is 0 Å². The Bertz CT molecular complexity index is 838. The maximum absolute atomic E-state index is 13.2. The number of benzene rings is 1. The number of halogens is 3. The van der Waals surface area contributed by atoms with Gasteiger partial charge in [0.15, 0.2) is 5.69 Å². The van der Waals surface area contributed by atoms with E-state index < -0.39 is 25.4 Å². The molecule has 0 saturated heterocycles. The molecule has 0 unspecified atom stereocenters. The van der Waals surface area contributed by atoms with E-state index in [0.29, 0.717) is 29.1 Å². The molecule has 0 fully saturated rings. The number of hydrogen-bond acceptors (Lipinski definition) is 5. The average molecular weight is 384 g/mol. The lowest BCUT2D eigenvalue weighted by Crippen LogP contribution is -2.21. The number of aryl methyl sites for hydroxylation is 1. The molecule has 1 atom stereocenters. The van der Waals surface area contributed by atoms with Crippen LogP contribution in [0.2, 0.25) is 0 Å². The number of rotatable bonds is 5. The van der Waals surface area contributed by atoms with Crippen molar-refractivity contribution in [1.82, 2.24) is 9.55 Å². The number of aromatic nitrogens is 2. The lowest BCUT2D eigenvalue weighted by molar-refractivity contribution is -0.0502. The van der Waals surface area contributed by atoms with Crippen LogP contribution in [-0.4, -0.2) is 48.6 Å². The largest absolute Gasteiger partial charge is 0.464 e. The first kappa shape index (κ1) is 19.2. The number of nitrogens with zero attached hydrogens (tertiary/aromatic N) is 2. The first-order valence-corrected chi connectivity index (χ1v) is 8.35. The Kier molecular flexibility index (Phi) is 5.69. The molecule has 27 heavy (non-hydrogen) atoms. The van der Waals surface area contributed by atoms with Gasteiger partial charge in [0.2, 0.25) is 0 Å². The maximum Gasteiger partial charge on any atom is 0.387 e. The van der Waals surface area contributed by atoms with Crippen LogP contribution in [0.25, 0.3) is 11.4 Å². The van der Waals surface area contributed by atoms with Crippen molar-refractivity contribution in [1.29, 1.82) is 0 Å². The van der Waals surface area contributed by atoms with Crippen LogP contribution >= 0.6 is 0 Å². The number of ether oxygens (including phenoxy) is 3. The fourth-order valence-corrected chi connectivity index (χ4v) is 3.11. The molecule has 9 heteroatoms. The molecule has 6 nitrogen and oxygen atoms in total. The minimum atomic E-state index is -2.93. The predicted octanol–water partition coefficient (Wildman–Crippen LogP) is 3.16. The number of methoxy groups -OCH3 is 1. The molecule has 2 heterocycles. The molecule has 1 aromatic heterocycles. The van der Waals surface area contributed by atoms with E-state index in [2.05, 4.69) is 9.72 Å². The van der Waals surface area contributed by atoms with Crippen molar-refractivity contribution in [3.63, 3.8) is 0 Å². The van der Waals surface area contributed by atoms with Crippen LogP contribution in [0.1, 0.15) is 21.7 Å². The number of hydrogen-bond donors (Lipinski definition) is 0. The fourth-order valence-electron chi connectivity index (χ4n) is 3.11. The van der Waals surface area contributed by atoms with Crippen molar-refractivity contribution in [3.8, 4) is 17.1 Å². The van der Waals surface area contributed by atoms with Gasteiger partial charge in [-0.05, 0) is 30.7 Å². The van der Waals surface area contributed by atoms with Crippen LogP contribution in [0.4, 0.5) is 13.2 Å². The van der Waals surface area contributed by atoms with Gasteiger partial charge in [-0.3, -0.25) is 0 Å². The van der Waals surface area contributed by atoms with Crippen molar-refractivity contribution in [3.05, 3.63) is 35.2 Å². The van der Waals surface area contributed by atoms with Crippen LogP contribution in [0.3, 0.4) is 0 Å². The zero-order valence-corrected chi connectivity index (χ0v) is 14.9. The summed E-state index contributed by atoms with van der Waals surface area (Å²) in [5, 5.41) is 0. The summed E-state index contributed by atoms with van der Waals surface area (Å²) in [6.07, 6.45) is -0.285. The zero-order valence-electron chi connectivity index (χ0n) is 14.9. The smallest absolute Gasteiger partial charge is 0.387 e. The van der Waals surface area contributed by atoms with Gasteiger partial charge in [0.25, 0.3) is 0 Å². The lowest BCUT2D eigenvalue weighted by Gasteiger charge is -2.15. The van der Waals surface area contributed by atoms with E-state index in [-0.39, 0.29) is 24.6 Å². The van der Waals surface area contributed by atoms with E-state index in [4.69, 9.17) is 9.47 Å². The third-order valence-electron chi connectivity index (χ3n) is 4.35. The van der Waals surface area contributed by atoms with E-state index in [9.17, 15) is 18.0 Å². The Morgan fingerprint density at radius 1 is 1.44 bits per heavy atom. The Hall–Kier alpha value is -2.55. The van der Waals surface area contributed by atoms with Gasteiger partial charge in [-0.2, -0.15) is 8.78 Å². The summed E-state index contributed by atoms with van der Waals surface area (Å²) in [4.78, 5) is 16.5. The van der Waals surface area contributed by atoms with Crippen molar-refractivity contribution in [2.45, 2.75) is 32.6 Å². The standard InChI is InChI=1S/C18H19F3N2O4/c1-10-7-11(3-4-14(10)27-18(20)21)16-22-15(17(24)25-2)13-5-6-26-12(8-19)9-23(13)16/h3-4,7,12,18H,5-6,8-9H2,1-2H3/t12-/m1/s1. The normalized spacial score (nSPS) is 16.7. The SMILES string of the molecule is COC(=O)c1nc(-c2ccc(OC(F)F)c(C)c2)n2c1CCO[C@H](CF)C2. The average Bonchev–Trinajstić information content (AvgIpc) is 2.86. The molecule has 1 aliphatic heterocycles. The Balaban J connectivity index is 2.08. The van der Waals surface area contributed by atoms with Crippen LogP contribution in [0.15, 0.2) is 18.2 Å². The second-order valence-electron chi connectivity index (χ2n) is 6.09. The number of imidazole rings is 1. The van der Waals surface area contributed by atoms with Gasteiger partial charge in [0, 0.05) is 12.0 Å². The quantitative estimate of drug-likeness (QED) is 0.741. The van der Waals surface area contributed by atoms with Gasteiger partial charge < -0.3 is 18.8 Å². The molecule has 2 aromatic rings. The molecule has 0 aliphatic carbocycles. The highest BCUT2D eigenvalue weighted by Crippen LogP contribution is 2.30. The molecule has 1 aromatic carbocycles. The van der Waals surface area contributed by atoms with Crippen molar-refractivity contribution in [2.24, 2.45) is 0 Å². The van der Waals surface area contributed by atoms with Gasteiger partial charge in [-0.1, -0.05) is 0 Å². The van der Waals surface area contributed by atoms with Crippen LogP contribution in [0, 0.1) is 6.92 Å². The van der Waals surface area contributed by atoms with E-state index >= 15 is 0 Å². The number of fused-ring (bicyclic) bond motifs is 1. The van der Waals surface area contributed by atoms with Crippen LogP contribution < -0.4 is 4.74 Å². The molecule has 0 radical (unpaired) electrons. The summed E-state index contributed by atoms with van der Waals surface area (Å²) >= 11 is 0. The Morgan fingerprint density at radius 2 is 2.22 bits per heavy atom. The lowest BCUT2D eigenvalue weighted by atomic mass is 10.1. The molecule has 1 aliphatic rings. The molecular weight excluding hydrogens is 365 g/mol. The summed E-state index contributed by atoms with van der Waals surface area (Å²) in [6.45, 7) is -1.54. The number of carbonyl (C=O) groups excluding carboxylic acids is 1. The van der Waals surface area contributed by atoms with Gasteiger partial charge in [0.05, 0.1) is 26.0 Å². The highest BCUT2D eigenvalue weighted by Gasteiger charge is 2.28. The number of esters is 1. The van der Waals surface area contributed by atoms with Crippen LogP contribution in [-0.2, 0) is 22.4 Å². The number of carbonyl (C=O) groups is 1. The summed E-state index contributed by atoms with van der Waals surface area (Å²) in [5.41, 5.74) is 1.81. The first-order chi connectivity index (χ1) is 12.9. The molecule has 0 spiro atoms. The number of alkyl halides is 3. The van der Waals surface area contributed by atoms with Crippen molar-refractivity contribution in [2.75, 3.05) is 20.4 Å². The molecule has 3 rings (SSSR count). The Labute approximate surface area is 153 Å². The second-order valence-corrected chi connectivity index (χ2v) is 6.09. The summed E-state index contributed by atoms with van der Waals surface area (Å²) in [5.74, 6) is -0.131. The van der Waals surface area contributed by atoms with Crippen LogP contribution in [0.5, 0.6) is 5.75 Å². The maximum atomic E-state index is 13.2. The molecular formula is C18H19F3N2O4. The summed E-state index contributed by atoms with van der Waals surface area (Å²) in [6, 6.07) is 4.61. The minimum Gasteiger partial charge on any atom is -0.464 e. The molecule has 0 saturated carbocycles. The summed E-state index contributed by atoms with van der Waals surface area (Å²) in [7, 11) is 1.26. The van der Waals surface area contributed by atoms with Gasteiger partial charge >= 0.3 is 12.6 Å². The topological polar surface area (TPSA) is 62.6 Å². The molecule has 0 amide bonds. The molecule has 0 bridgehead atoms. The zero-order chi connectivity index (χ0) is 19.6. The van der Waals surface area contributed by atoms with E-state index in [1.165, 1.54) is 13.2 Å². The minimum absolute atomic E-state index is 0.0505. The molecule has 0 N–H and O–H groups in total. The third kappa shape index (κ3) is 3.92. The van der Waals surface area contributed by atoms with E-state index in [0.717, 1.165) is 0 Å². The van der Waals surface area contributed by atoms with Gasteiger partial charge in [-0.25, -0.2) is 14.2 Å². The monoisotopic (exact) mass is 384 g/mol. The highest BCUT2D eigenvalue weighted by molar-refractivity contribution is 5.89. The van der Waals surface area contributed by atoms with Crippen molar-refractivity contribution < 1.29 is 32.2 Å². The Morgan fingerprint density at radius 3 is 2.85 bits per heavy atom. The second kappa shape index (κ2) is 7.99. The highest BCUT2D eigenvalue weighted by atomic mass is 19.3. The molecule has 146 valence electrons.